The van der Waals surface area contributed by atoms with Gasteiger partial charge >= 0.3 is 0 Å². The summed E-state index contributed by atoms with van der Waals surface area (Å²) in [4.78, 5) is 26.7. The van der Waals surface area contributed by atoms with Crippen LogP contribution >= 0.6 is 11.6 Å². The Morgan fingerprint density at radius 1 is 1.16 bits per heavy atom. The zero-order valence-electron chi connectivity index (χ0n) is 17.7. The predicted octanol–water partition coefficient (Wildman–Crippen LogP) is 2.72. The van der Waals surface area contributed by atoms with Gasteiger partial charge in [0.2, 0.25) is 21.8 Å². The zero-order valence-corrected chi connectivity index (χ0v) is 19.3. The van der Waals surface area contributed by atoms with Crippen molar-refractivity contribution >= 4 is 39.1 Å². The first-order valence-electron chi connectivity index (χ1n) is 9.43. The maximum Gasteiger partial charge on any atom is 0.244 e. The molecule has 7 nitrogen and oxygen atoms in total. The van der Waals surface area contributed by atoms with E-state index in [0.717, 1.165) is 33.8 Å². The van der Waals surface area contributed by atoms with Crippen molar-refractivity contribution in [1.82, 2.24) is 10.2 Å². The van der Waals surface area contributed by atoms with Crippen molar-refractivity contribution < 1.29 is 22.4 Å². The number of likely N-dealkylation sites (N-methyl/N-ethyl adjacent to an activating group) is 1. The molecule has 0 aliphatic carbocycles. The number of aryl methyl sites for hydroxylation is 1. The topological polar surface area (TPSA) is 86.8 Å². The molecule has 31 heavy (non-hydrogen) atoms. The number of hydrogen-bond donors (Lipinski definition) is 1. The van der Waals surface area contributed by atoms with E-state index < -0.39 is 40.2 Å². The first kappa shape index (κ1) is 24.6. The number of rotatable bonds is 8. The Labute approximate surface area is 186 Å². The first-order valence-corrected chi connectivity index (χ1v) is 11.7. The fourth-order valence-electron chi connectivity index (χ4n) is 2.94. The number of sulfonamides is 1. The molecular formula is C21H25ClFN3O4S. The summed E-state index contributed by atoms with van der Waals surface area (Å²) in [6.45, 7) is 3.02. The van der Waals surface area contributed by atoms with Gasteiger partial charge in [-0.1, -0.05) is 41.4 Å². The van der Waals surface area contributed by atoms with Crippen molar-refractivity contribution in [2.24, 2.45) is 0 Å². The number of halogens is 2. The molecule has 2 aromatic carbocycles. The van der Waals surface area contributed by atoms with E-state index in [4.69, 9.17) is 11.6 Å². The molecule has 2 rings (SSSR count). The average molecular weight is 470 g/mol. The molecule has 168 valence electrons. The lowest BCUT2D eigenvalue weighted by Crippen LogP contribution is -2.50. The number of carbonyl (C=O) groups excluding carboxylic acids is 2. The third kappa shape index (κ3) is 6.41. The minimum Gasteiger partial charge on any atom is -0.357 e. The van der Waals surface area contributed by atoms with Crippen LogP contribution in [0.1, 0.15) is 18.1 Å². The van der Waals surface area contributed by atoms with Gasteiger partial charge in [-0.25, -0.2) is 12.8 Å². The standard InChI is InChI=1S/C21H25ClFN3O4S/c1-14-5-7-16(8-6-14)12-25(15(2)21(28)24-3)20(27)13-26(31(4,29)30)17-9-10-19(23)18(22)11-17/h5-11,15H,12-13H2,1-4H3,(H,24,28)/t15-/m0/s1. The summed E-state index contributed by atoms with van der Waals surface area (Å²) in [5.74, 6) is -1.70. The van der Waals surface area contributed by atoms with Gasteiger partial charge in [-0.15, -0.1) is 0 Å². The quantitative estimate of drug-likeness (QED) is 0.644. The van der Waals surface area contributed by atoms with Crippen molar-refractivity contribution in [2.45, 2.75) is 26.4 Å². The third-order valence-electron chi connectivity index (χ3n) is 4.76. The monoisotopic (exact) mass is 469 g/mol. The molecule has 1 N–H and O–H groups in total. The molecule has 0 aliphatic rings. The van der Waals surface area contributed by atoms with Crippen molar-refractivity contribution in [2.75, 3.05) is 24.2 Å². The molecule has 0 aromatic heterocycles. The van der Waals surface area contributed by atoms with Crippen LogP contribution in [0.3, 0.4) is 0 Å². The molecule has 0 saturated heterocycles. The molecule has 0 bridgehead atoms. The number of nitrogens with one attached hydrogen (secondary N) is 1. The minimum absolute atomic E-state index is 0.0464. The maximum atomic E-state index is 13.5. The highest BCUT2D eigenvalue weighted by Crippen LogP contribution is 2.25. The molecule has 0 spiro atoms. The van der Waals surface area contributed by atoms with Crippen LogP contribution < -0.4 is 9.62 Å². The molecule has 10 heteroatoms. The molecular weight excluding hydrogens is 445 g/mol. The highest BCUT2D eigenvalue weighted by molar-refractivity contribution is 7.92. The van der Waals surface area contributed by atoms with Gasteiger partial charge in [0.05, 0.1) is 17.0 Å². The van der Waals surface area contributed by atoms with Crippen molar-refractivity contribution in [1.29, 1.82) is 0 Å². The summed E-state index contributed by atoms with van der Waals surface area (Å²) >= 11 is 5.79. The normalized spacial score (nSPS) is 12.2. The van der Waals surface area contributed by atoms with Gasteiger partial charge in [0.25, 0.3) is 0 Å². The van der Waals surface area contributed by atoms with E-state index in [1.54, 1.807) is 6.92 Å². The molecule has 0 fully saturated rings. The summed E-state index contributed by atoms with van der Waals surface area (Å²) in [5.41, 5.74) is 1.87. The molecule has 0 aliphatic heterocycles. The van der Waals surface area contributed by atoms with E-state index >= 15 is 0 Å². The molecule has 2 aromatic rings. The van der Waals surface area contributed by atoms with E-state index in [2.05, 4.69) is 5.32 Å². The van der Waals surface area contributed by atoms with Crippen LogP contribution in [0, 0.1) is 12.7 Å². The van der Waals surface area contributed by atoms with Crippen LogP contribution in [0.2, 0.25) is 5.02 Å². The Balaban J connectivity index is 2.39. The van der Waals surface area contributed by atoms with E-state index in [0.29, 0.717) is 0 Å². The first-order chi connectivity index (χ1) is 14.4. The molecule has 0 heterocycles. The number of benzene rings is 2. The van der Waals surface area contributed by atoms with Gasteiger partial charge in [0.15, 0.2) is 0 Å². The summed E-state index contributed by atoms with van der Waals surface area (Å²) < 4.78 is 39.1. The fourth-order valence-corrected chi connectivity index (χ4v) is 3.95. The van der Waals surface area contributed by atoms with Crippen LogP contribution in [-0.4, -0.2) is 51.0 Å². The predicted molar refractivity (Wildman–Crippen MR) is 119 cm³/mol. The van der Waals surface area contributed by atoms with Crippen LogP contribution in [0.5, 0.6) is 0 Å². The second-order valence-electron chi connectivity index (χ2n) is 7.17. The minimum atomic E-state index is -3.90. The Kier molecular flexibility index (Phi) is 8.02. The van der Waals surface area contributed by atoms with Crippen LogP contribution in [-0.2, 0) is 26.2 Å². The van der Waals surface area contributed by atoms with Gasteiger partial charge in [-0.2, -0.15) is 0 Å². The summed E-state index contributed by atoms with van der Waals surface area (Å²) in [6, 6.07) is 9.97. The van der Waals surface area contributed by atoms with Crippen LogP contribution in [0.25, 0.3) is 0 Å². The number of amides is 2. The van der Waals surface area contributed by atoms with Crippen molar-refractivity contribution in [3.63, 3.8) is 0 Å². The molecule has 0 unspecified atom stereocenters. The maximum absolute atomic E-state index is 13.5. The lowest BCUT2D eigenvalue weighted by atomic mass is 10.1. The molecule has 2 amide bonds. The van der Waals surface area contributed by atoms with Crippen molar-refractivity contribution in [3.8, 4) is 0 Å². The number of nitrogens with zero attached hydrogens (tertiary/aromatic N) is 2. The van der Waals surface area contributed by atoms with Gasteiger partial charge < -0.3 is 10.2 Å². The molecule has 0 radical (unpaired) electrons. The summed E-state index contributed by atoms with van der Waals surface area (Å²) in [6.07, 6.45) is 0.935. The SMILES string of the molecule is CNC(=O)[C@H](C)N(Cc1ccc(C)cc1)C(=O)CN(c1ccc(F)c(Cl)c1)S(C)(=O)=O. The van der Waals surface area contributed by atoms with Crippen molar-refractivity contribution in [3.05, 3.63) is 64.4 Å². The molecule has 0 saturated carbocycles. The van der Waals surface area contributed by atoms with Gasteiger partial charge in [0.1, 0.15) is 18.4 Å². The Morgan fingerprint density at radius 2 is 1.77 bits per heavy atom. The zero-order chi connectivity index (χ0) is 23.3. The number of anilines is 1. The van der Waals surface area contributed by atoms with Gasteiger partial charge in [-0.3, -0.25) is 13.9 Å². The van der Waals surface area contributed by atoms with Crippen LogP contribution in [0.4, 0.5) is 10.1 Å². The highest BCUT2D eigenvalue weighted by atomic mass is 35.5. The summed E-state index contributed by atoms with van der Waals surface area (Å²) in [5, 5.41) is 2.23. The van der Waals surface area contributed by atoms with E-state index in [1.807, 2.05) is 31.2 Å². The van der Waals surface area contributed by atoms with Crippen LogP contribution in [0.15, 0.2) is 42.5 Å². The summed E-state index contributed by atoms with van der Waals surface area (Å²) in [7, 11) is -2.45. The molecule has 1 atom stereocenters. The third-order valence-corrected chi connectivity index (χ3v) is 6.19. The smallest absolute Gasteiger partial charge is 0.244 e. The van der Waals surface area contributed by atoms with Gasteiger partial charge in [-0.05, 0) is 37.6 Å². The van der Waals surface area contributed by atoms with E-state index in [1.165, 1.54) is 18.0 Å². The van der Waals surface area contributed by atoms with E-state index in [9.17, 15) is 22.4 Å². The number of hydrogen-bond acceptors (Lipinski definition) is 4. The van der Waals surface area contributed by atoms with Gasteiger partial charge in [0, 0.05) is 13.6 Å². The highest BCUT2D eigenvalue weighted by Gasteiger charge is 2.29. The Bertz CT molecular complexity index is 1060. The Morgan fingerprint density at radius 3 is 2.29 bits per heavy atom. The van der Waals surface area contributed by atoms with E-state index in [-0.39, 0.29) is 17.3 Å². The lowest BCUT2D eigenvalue weighted by molar-refractivity contribution is -0.139. The number of carbonyl (C=O) groups is 2. The average Bonchev–Trinajstić information content (AvgIpc) is 2.71. The lowest BCUT2D eigenvalue weighted by Gasteiger charge is -2.31. The second kappa shape index (κ2) is 10.1. The Hall–Kier alpha value is -2.65. The largest absolute Gasteiger partial charge is 0.357 e. The fraction of sp³-hybridized carbons (Fsp3) is 0.333. The second-order valence-corrected chi connectivity index (χ2v) is 9.48.